The van der Waals surface area contributed by atoms with Gasteiger partial charge in [-0.25, -0.2) is 9.18 Å². The molecule has 3 aromatic carbocycles. The number of cyclic esters (lactones) is 1. The Hall–Kier alpha value is -4.61. The molecule has 3 aliphatic heterocycles. The summed E-state index contributed by atoms with van der Waals surface area (Å²) in [5.41, 5.74) is 1.10. The Labute approximate surface area is 272 Å². The van der Waals surface area contributed by atoms with Gasteiger partial charge in [-0.2, -0.15) is 0 Å². The third-order valence-electron chi connectivity index (χ3n) is 9.79. The third-order valence-corrected chi connectivity index (χ3v) is 9.79. The monoisotopic (exact) mass is 639 g/mol. The van der Waals surface area contributed by atoms with E-state index in [2.05, 4.69) is 10.3 Å². The largest absolute Gasteiger partial charge is 0.447 e. The van der Waals surface area contributed by atoms with E-state index < -0.39 is 41.4 Å². The highest BCUT2D eigenvalue weighted by molar-refractivity contribution is 6.07. The minimum atomic E-state index is -1.65. The average Bonchev–Trinajstić information content (AvgIpc) is 3.83. The molecule has 0 aliphatic carbocycles. The standard InChI is InChI=1S/C36H38FN5O5/c1-23-31(35(2,3)37)30(16-17-40-22-28(38-39-40)32(43)25-11-5-4-6-12-25)47-36(23)27-14-7-8-15-29(27)42(33(36)44)21-24-10-9-13-26(20-24)41-18-19-46-34(41)45/h4-15,20,22-23,30-32,43H,16-19,21H2,1-3H3/t23-,30+,31-,32-,36+/m1/s1. The van der Waals surface area contributed by atoms with Gasteiger partial charge in [0.2, 0.25) is 0 Å². The molecule has 0 unspecified atom stereocenters. The molecular formula is C36H38FN5O5. The Morgan fingerprint density at radius 3 is 2.57 bits per heavy atom. The normalized spacial score (nSPS) is 24.7. The zero-order valence-electron chi connectivity index (χ0n) is 26.6. The maximum absolute atomic E-state index is 16.1. The van der Waals surface area contributed by atoms with Gasteiger partial charge in [0, 0.05) is 29.6 Å². The molecule has 2 amide bonds. The predicted octanol–water partition coefficient (Wildman–Crippen LogP) is 5.55. The molecule has 4 aromatic rings. The summed E-state index contributed by atoms with van der Waals surface area (Å²) in [5.74, 6) is -1.31. The van der Waals surface area contributed by atoms with Crippen molar-refractivity contribution in [1.82, 2.24) is 15.0 Å². The van der Waals surface area contributed by atoms with Crippen molar-refractivity contribution in [3.63, 3.8) is 0 Å². The molecule has 0 radical (unpaired) electrons. The number of aliphatic hydroxyl groups is 1. The fraction of sp³-hybridized carbons (Fsp3) is 0.389. The highest BCUT2D eigenvalue weighted by Crippen LogP contribution is 2.58. The molecule has 4 heterocycles. The Kier molecular flexibility index (Phi) is 7.84. The molecule has 47 heavy (non-hydrogen) atoms. The number of hydrogen-bond donors (Lipinski definition) is 1. The number of aromatic nitrogens is 3. The minimum Gasteiger partial charge on any atom is -0.447 e. The number of alkyl halides is 1. The van der Waals surface area contributed by atoms with Gasteiger partial charge in [-0.1, -0.05) is 72.8 Å². The molecule has 7 rings (SSSR count). The average molecular weight is 640 g/mol. The quantitative estimate of drug-likeness (QED) is 0.256. The maximum atomic E-state index is 16.1. The van der Waals surface area contributed by atoms with Crippen molar-refractivity contribution in [2.75, 3.05) is 23.0 Å². The second-order valence-corrected chi connectivity index (χ2v) is 13.1. The topological polar surface area (TPSA) is 110 Å². The molecular weight excluding hydrogens is 601 g/mol. The van der Waals surface area contributed by atoms with Crippen molar-refractivity contribution in [3.8, 4) is 0 Å². The number of ether oxygens (including phenoxy) is 2. The molecule has 11 heteroatoms. The molecule has 2 fully saturated rings. The van der Waals surface area contributed by atoms with Gasteiger partial charge in [-0.15, -0.1) is 5.10 Å². The van der Waals surface area contributed by atoms with Gasteiger partial charge in [-0.05, 0) is 49.6 Å². The van der Waals surface area contributed by atoms with Crippen LogP contribution >= 0.6 is 0 Å². The molecule has 0 saturated carbocycles. The van der Waals surface area contributed by atoms with E-state index in [4.69, 9.17) is 9.47 Å². The number of aliphatic hydroxyl groups excluding tert-OH is 1. The van der Waals surface area contributed by atoms with E-state index >= 15 is 4.39 Å². The van der Waals surface area contributed by atoms with Gasteiger partial charge in [-0.3, -0.25) is 14.4 Å². The maximum Gasteiger partial charge on any atom is 0.414 e. The van der Waals surface area contributed by atoms with Crippen LogP contribution in [0.4, 0.5) is 20.6 Å². The first-order chi connectivity index (χ1) is 22.6. The molecule has 1 aromatic heterocycles. The van der Waals surface area contributed by atoms with E-state index in [1.165, 1.54) is 0 Å². The lowest BCUT2D eigenvalue weighted by atomic mass is 9.71. The first-order valence-electron chi connectivity index (χ1n) is 16.0. The number of fused-ring (bicyclic) bond motifs is 2. The Morgan fingerprint density at radius 1 is 1.06 bits per heavy atom. The number of carbonyl (C=O) groups is 2. The van der Waals surface area contributed by atoms with Gasteiger partial charge in [0.05, 0.1) is 31.1 Å². The summed E-state index contributed by atoms with van der Waals surface area (Å²) in [4.78, 5) is 30.1. The Bertz CT molecular complexity index is 1790. The number of carbonyl (C=O) groups excluding carboxylic acids is 2. The molecule has 2 saturated heterocycles. The zero-order valence-corrected chi connectivity index (χ0v) is 26.6. The van der Waals surface area contributed by atoms with E-state index in [0.29, 0.717) is 43.1 Å². The Morgan fingerprint density at radius 2 is 1.83 bits per heavy atom. The fourth-order valence-corrected chi connectivity index (χ4v) is 7.68. The molecule has 0 bridgehead atoms. The number of para-hydroxylation sites is 1. The number of rotatable bonds is 9. The van der Waals surface area contributed by atoms with Crippen molar-refractivity contribution in [2.24, 2.45) is 11.8 Å². The first kappa shape index (κ1) is 31.0. The van der Waals surface area contributed by atoms with Gasteiger partial charge in [0.25, 0.3) is 5.91 Å². The summed E-state index contributed by atoms with van der Waals surface area (Å²) in [6.07, 6.45) is 0.166. The summed E-state index contributed by atoms with van der Waals surface area (Å²) < 4.78 is 29.7. The molecule has 244 valence electrons. The van der Waals surface area contributed by atoms with E-state index in [0.717, 1.165) is 16.8 Å². The lowest BCUT2D eigenvalue weighted by Crippen LogP contribution is -2.45. The molecule has 5 atom stereocenters. The second-order valence-electron chi connectivity index (χ2n) is 13.1. The van der Waals surface area contributed by atoms with Crippen molar-refractivity contribution >= 4 is 23.4 Å². The van der Waals surface area contributed by atoms with Crippen LogP contribution in [0.2, 0.25) is 0 Å². The van der Waals surface area contributed by atoms with Crippen LogP contribution in [0.15, 0.2) is 85.1 Å². The van der Waals surface area contributed by atoms with Crippen molar-refractivity contribution in [2.45, 2.75) is 63.8 Å². The Balaban J connectivity index is 1.15. The van der Waals surface area contributed by atoms with Crippen LogP contribution in [-0.2, 0) is 33.0 Å². The van der Waals surface area contributed by atoms with Gasteiger partial charge >= 0.3 is 6.09 Å². The molecule has 1 spiro atoms. The van der Waals surface area contributed by atoms with E-state index in [1.807, 2.05) is 85.8 Å². The van der Waals surface area contributed by atoms with Crippen LogP contribution in [0.3, 0.4) is 0 Å². The number of anilines is 2. The van der Waals surface area contributed by atoms with Gasteiger partial charge in [0.1, 0.15) is 24.1 Å². The van der Waals surface area contributed by atoms with Crippen molar-refractivity contribution in [3.05, 3.63) is 107 Å². The smallest absolute Gasteiger partial charge is 0.414 e. The van der Waals surface area contributed by atoms with E-state index in [-0.39, 0.29) is 12.5 Å². The highest BCUT2D eigenvalue weighted by atomic mass is 19.1. The summed E-state index contributed by atoms with van der Waals surface area (Å²) in [7, 11) is 0. The summed E-state index contributed by atoms with van der Waals surface area (Å²) >= 11 is 0. The molecule has 3 aliphatic rings. The van der Waals surface area contributed by atoms with Crippen LogP contribution in [0, 0.1) is 11.8 Å². The number of hydrogen-bond acceptors (Lipinski definition) is 7. The van der Waals surface area contributed by atoms with E-state index in [9.17, 15) is 14.7 Å². The highest BCUT2D eigenvalue weighted by Gasteiger charge is 2.66. The van der Waals surface area contributed by atoms with Crippen molar-refractivity contribution < 1.29 is 28.6 Å². The van der Waals surface area contributed by atoms with Crippen LogP contribution in [0.1, 0.15) is 55.7 Å². The van der Waals surface area contributed by atoms with Crippen LogP contribution < -0.4 is 9.80 Å². The zero-order chi connectivity index (χ0) is 32.9. The van der Waals surface area contributed by atoms with Gasteiger partial charge < -0.3 is 19.5 Å². The predicted molar refractivity (Wildman–Crippen MR) is 172 cm³/mol. The van der Waals surface area contributed by atoms with Crippen LogP contribution in [0.5, 0.6) is 0 Å². The number of amides is 2. The number of halogens is 1. The summed E-state index contributed by atoms with van der Waals surface area (Å²) in [5, 5.41) is 19.2. The summed E-state index contributed by atoms with van der Waals surface area (Å²) in [6, 6.07) is 24.3. The lowest BCUT2D eigenvalue weighted by Gasteiger charge is -2.32. The van der Waals surface area contributed by atoms with E-state index in [1.54, 1.807) is 34.5 Å². The number of aryl methyl sites for hydroxylation is 1. The number of benzene rings is 3. The second kappa shape index (κ2) is 11.9. The van der Waals surface area contributed by atoms with Crippen LogP contribution in [-0.4, -0.2) is 57.0 Å². The number of nitrogens with zero attached hydrogens (tertiary/aromatic N) is 5. The fourth-order valence-electron chi connectivity index (χ4n) is 7.68. The first-order valence-corrected chi connectivity index (χ1v) is 16.0. The SMILES string of the molecule is C[C@@H]1[C@@H](C(C)(C)F)[C@H](CCn2cc([C@H](O)c3ccccc3)nn2)O[C@@]12C(=O)N(Cc1cccc(N3CCOC3=O)c1)c1ccccc12. The molecule has 10 nitrogen and oxygen atoms in total. The van der Waals surface area contributed by atoms with Gasteiger partial charge in [0.15, 0.2) is 5.60 Å². The minimum absolute atomic E-state index is 0.233. The molecule has 1 N–H and O–H groups in total. The lowest BCUT2D eigenvalue weighted by molar-refractivity contribution is -0.146. The van der Waals surface area contributed by atoms with Crippen LogP contribution in [0.25, 0.3) is 0 Å². The third kappa shape index (κ3) is 5.37. The summed E-state index contributed by atoms with van der Waals surface area (Å²) in [6.45, 7) is 6.42. The van der Waals surface area contributed by atoms with Crippen molar-refractivity contribution in [1.29, 1.82) is 0 Å².